The molecular weight excluding hydrogens is 449 g/mol. The van der Waals surface area contributed by atoms with Crippen molar-refractivity contribution in [3.05, 3.63) is 82.3 Å². The predicted molar refractivity (Wildman–Crippen MR) is 111 cm³/mol. The van der Waals surface area contributed by atoms with Gasteiger partial charge in [-0.25, -0.2) is 14.6 Å². The van der Waals surface area contributed by atoms with Crippen LogP contribution in [0.5, 0.6) is 0 Å². The number of methoxy groups -OCH3 is 2. The standard InChI is InChI=1S/C15H12F3NO2.C7H6ClNO2/c1-9-7-10(3-4-12(9)15(16,17)18)13-8-11(5-6-19-13)14(20)21-2;1-11-7(10)5-2-3-9-6(8)4-5/h3-8H,1-2H3;2-4H,1H3. The molecule has 32 heavy (non-hydrogen) atoms. The molecule has 0 aliphatic carbocycles. The summed E-state index contributed by atoms with van der Waals surface area (Å²) < 4.78 is 47.2. The molecule has 0 aliphatic rings. The molecule has 3 aromatic rings. The predicted octanol–water partition coefficient (Wildman–Crippen LogP) is 5.38. The van der Waals surface area contributed by atoms with E-state index in [1.54, 1.807) is 0 Å². The maximum atomic E-state index is 12.7. The summed E-state index contributed by atoms with van der Waals surface area (Å²) in [5.41, 5.74) is 1.04. The molecule has 10 heteroatoms. The van der Waals surface area contributed by atoms with Crippen molar-refractivity contribution in [3.63, 3.8) is 0 Å². The largest absolute Gasteiger partial charge is 0.465 e. The van der Waals surface area contributed by atoms with Crippen LogP contribution in [0.25, 0.3) is 11.3 Å². The van der Waals surface area contributed by atoms with Gasteiger partial charge in [-0.05, 0) is 48.9 Å². The number of carbonyl (C=O) groups is 2. The molecule has 2 aromatic heterocycles. The Morgan fingerprint density at radius 1 is 0.875 bits per heavy atom. The highest BCUT2D eigenvalue weighted by molar-refractivity contribution is 6.29. The first kappa shape index (κ1) is 24.8. The number of aryl methyl sites for hydroxylation is 1. The highest BCUT2D eigenvalue weighted by Crippen LogP contribution is 2.33. The zero-order chi connectivity index (χ0) is 23.9. The van der Waals surface area contributed by atoms with Gasteiger partial charge in [0.1, 0.15) is 5.15 Å². The lowest BCUT2D eigenvalue weighted by molar-refractivity contribution is -0.138. The molecule has 0 amide bonds. The summed E-state index contributed by atoms with van der Waals surface area (Å²) in [5.74, 6) is -0.934. The number of ether oxygens (including phenoxy) is 2. The van der Waals surface area contributed by atoms with Crippen molar-refractivity contribution < 1.29 is 32.2 Å². The number of pyridine rings is 2. The fourth-order valence-corrected chi connectivity index (χ4v) is 2.80. The van der Waals surface area contributed by atoms with Gasteiger partial charge in [0.05, 0.1) is 36.6 Å². The van der Waals surface area contributed by atoms with Gasteiger partial charge in [0, 0.05) is 18.0 Å². The Balaban J connectivity index is 0.000000278. The molecule has 3 rings (SSSR count). The monoisotopic (exact) mass is 466 g/mol. The first-order chi connectivity index (χ1) is 15.1. The van der Waals surface area contributed by atoms with Crippen molar-refractivity contribution in [2.75, 3.05) is 14.2 Å². The Labute approximate surface area is 187 Å². The number of hydrogen-bond donors (Lipinski definition) is 0. The third-order valence-corrected chi connectivity index (χ3v) is 4.36. The summed E-state index contributed by atoms with van der Waals surface area (Å²) >= 11 is 5.53. The zero-order valence-corrected chi connectivity index (χ0v) is 18.0. The summed E-state index contributed by atoms with van der Waals surface area (Å²) in [6.07, 6.45) is -1.52. The van der Waals surface area contributed by atoms with Crippen LogP contribution in [0.4, 0.5) is 13.2 Å². The van der Waals surface area contributed by atoms with Gasteiger partial charge in [0.25, 0.3) is 0 Å². The van der Waals surface area contributed by atoms with E-state index in [1.807, 2.05) is 0 Å². The average molecular weight is 467 g/mol. The molecule has 168 valence electrons. The molecule has 0 spiro atoms. The number of halogens is 4. The van der Waals surface area contributed by atoms with Gasteiger partial charge in [-0.15, -0.1) is 0 Å². The number of nitrogens with zero attached hydrogens (tertiary/aromatic N) is 2. The van der Waals surface area contributed by atoms with Crippen LogP contribution >= 0.6 is 11.6 Å². The second-order valence-corrected chi connectivity index (χ2v) is 6.69. The van der Waals surface area contributed by atoms with Crippen LogP contribution in [0.15, 0.2) is 54.9 Å². The number of rotatable bonds is 3. The Bertz CT molecular complexity index is 1120. The van der Waals surface area contributed by atoms with Crippen molar-refractivity contribution in [2.24, 2.45) is 0 Å². The third kappa shape index (κ3) is 6.52. The smallest absolute Gasteiger partial charge is 0.416 e. The minimum atomic E-state index is -4.39. The molecule has 0 bridgehead atoms. The molecule has 6 nitrogen and oxygen atoms in total. The number of aromatic nitrogens is 2. The Hall–Kier alpha value is -3.46. The molecule has 0 N–H and O–H groups in total. The van der Waals surface area contributed by atoms with Crippen LogP contribution in [0, 0.1) is 6.92 Å². The normalized spacial score (nSPS) is 10.6. The highest BCUT2D eigenvalue weighted by Gasteiger charge is 2.32. The number of hydrogen-bond acceptors (Lipinski definition) is 6. The molecule has 0 radical (unpaired) electrons. The van der Waals surface area contributed by atoms with Gasteiger partial charge >= 0.3 is 18.1 Å². The van der Waals surface area contributed by atoms with Crippen LogP contribution in [0.1, 0.15) is 31.8 Å². The van der Waals surface area contributed by atoms with Gasteiger partial charge in [-0.3, -0.25) is 4.98 Å². The molecule has 1 aromatic carbocycles. The zero-order valence-electron chi connectivity index (χ0n) is 17.2. The van der Waals surface area contributed by atoms with Crippen molar-refractivity contribution >= 4 is 23.5 Å². The van der Waals surface area contributed by atoms with E-state index in [-0.39, 0.29) is 10.7 Å². The molecular formula is C22H18ClF3N2O4. The minimum Gasteiger partial charge on any atom is -0.465 e. The average Bonchev–Trinajstić information content (AvgIpc) is 2.77. The minimum absolute atomic E-state index is 0.102. The second-order valence-electron chi connectivity index (χ2n) is 6.31. The van der Waals surface area contributed by atoms with E-state index in [2.05, 4.69) is 19.4 Å². The SMILES string of the molecule is COC(=O)c1ccnc(-c2ccc(C(F)(F)F)c(C)c2)c1.COC(=O)c1ccnc(Cl)c1. The number of carbonyl (C=O) groups excluding carboxylic acids is 2. The van der Waals surface area contributed by atoms with Gasteiger partial charge in [-0.1, -0.05) is 17.7 Å². The fourth-order valence-electron chi connectivity index (χ4n) is 2.62. The first-order valence-electron chi connectivity index (χ1n) is 8.99. The topological polar surface area (TPSA) is 78.4 Å². The van der Waals surface area contributed by atoms with Crippen molar-refractivity contribution in [2.45, 2.75) is 13.1 Å². The molecule has 0 unspecified atom stereocenters. The maximum absolute atomic E-state index is 12.7. The van der Waals surface area contributed by atoms with Crippen molar-refractivity contribution in [1.82, 2.24) is 9.97 Å². The van der Waals surface area contributed by atoms with E-state index >= 15 is 0 Å². The second kappa shape index (κ2) is 10.7. The first-order valence-corrected chi connectivity index (χ1v) is 9.37. The van der Waals surface area contributed by atoms with Crippen LogP contribution in [0.2, 0.25) is 5.15 Å². The van der Waals surface area contributed by atoms with Crippen LogP contribution in [-0.2, 0) is 15.7 Å². The van der Waals surface area contributed by atoms with E-state index in [4.69, 9.17) is 11.6 Å². The molecule has 0 atom stereocenters. The molecule has 0 saturated heterocycles. The van der Waals surface area contributed by atoms with E-state index < -0.39 is 23.7 Å². The summed E-state index contributed by atoms with van der Waals surface area (Å²) in [4.78, 5) is 30.1. The van der Waals surface area contributed by atoms with Gasteiger partial charge < -0.3 is 9.47 Å². The molecule has 0 aliphatic heterocycles. The quantitative estimate of drug-likeness (QED) is 0.380. The van der Waals surface area contributed by atoms with E-state index in [0.29, 0.717) is 22.4 Å². The summed E-state index contributed by atoms with van der Waals surface area (Å²) in [6, 6.07) is 9.69. The Morgan fingerprint density at radius 3 is 1.94 bits per heavy atom. The number of esters is 2. The van der Waals surface area contributed by atoms with Crippen molar-refractivity contribution in [1.29, 1.82) is 0 Å². The van der Waals surface area contributed by atoms with E-state index in [9.17, 15) is 22.8 Å². The van der Waals surface area contributed by atoms with E-state index in [1.165, 1.54) is 69.9 Å². The maximum Gasteiger partial charge on any atom is 0.416 e. The van der Waals surface area contributed by atoms with Gasteiger partial charge in [0.2, 0.25) is 0 Å². The lowest BCUT2D eigenvalue weighted by Crippen LogP contribution is -2.07. The lowest BCUT2D eigenvalue weighted by atomic mass is 10.0. The van der Waals surface area contributed by atoms with Gasteiger partial charge in [0.15, 0.2) is 0 Å². The number of benzene rings is 1. The van der Waals surface area contributed by atoms with Gasteiger partial charge in [-0.2, -0.15) is 13.2 Å². The Morgan fingerprint density at radius 2 is 1.44 bits per heavy atom. The lowest BCUT2D eigenvalue weighted by Gasteiger charge is -2.11. The summed E-state index contributed by atoms with van der Waals surface area (Å²) in [5, 5.41) is 0.285. The number of alkyl halides is 3. The van der Waals surface area contributed by atoms with Crippen molar-refractivity contribution in [3.8, 4) is 11.3 Å². The third-order valence-electron chi connectivity index (χ3n) is 4.16. The summed E-state index contributed by atoms with van der Waals surface area (Å²) in [7, 11) is 2.57. The van der Waals surface area contributed by atoms with Crippen LogP contribution in [-0.4, -0.2) is 36.1 Å². The Kier molecular flexibility index (Phi) is 8.31. The van der Waals surface area contributed by atoms with Crippen LogP contribution < -0.4 is 0 Å². The van der Waals surface area contributed by atoms with E-state index in [0.717, 1.165) is 6.07 Å². The fraction of sp³-hybridized carbons (Fsp3) is 0.182. The van der Waals surface area contributed by atoms with Crippen LogP contribution in [0.3, 0.4) is 0 Å². The molecule has 0 fully saturated rings. The summed E-state index contributed by atoms with van der Waals surface area (Å²) in [6.45, 7) is 1.39. The highest BCUT2D eigenvalue weighted by atomic mass is 35.5. The molecule has 0 saturated carbocycles. The molecule has 2 heterocycles.